The molecule has 1 atom stereocenters. The van der Waals surface area contributed by atoms with E-state index in [-0.39, 0.29) is 17.1 Å². The predicted octanol–water partition coefficient (Wildman–Crippen LogP) is 4.64. The number of anilines is 1. The van der Waals surface area contributed by atoms with Crippen LogP contribution in [0.3, 0.4) is 0 Å². The van der Waals surface area contributed by atoms with Crippen LogP contribution in [-0.4, -0.2) is 27.3 Å². The summed E-state index contributed by atoms with van der Waals surface area (Å²) in [7, 11) is 0. The molecule has 1 aliphatic heterocycles. The first kappa shape index (κ1) is 19.5. The number of thioether (sulfide) groups is 1. The molecule has 2 aromatic carbocycles. The third-order valence-electron chi connectivity index (χ3n) is 4.31. The highest BCUT2D eigenvalue weighted by molar-refractivity contribution is 7.98. The molecule has 1 amide bonds. The molecule has 4 rings (SSSR count). The molecule has 0 saturated carbocycles. The second kappa shape index (κ2) is 7.57. The largest absolute Gasteiger partial charge is 0.447 e. The Bertz CT molecular complexity index is 1130. The van der Waals surface area contributed by atoms with Gasteiger partial charge in [0.25, 0.3) is 0 Å². The highest BCUT2D eigenvalue weighted by Crippen LogP contribution is 2.44. The summed E-state index contributed by atoms with van der Waals surface area (Å²) in [4.78, 5) is 18.1. The van der Waals surface area contributed by atoms with Crippen molar-refractivity contribution in [2.45, 2.75) is 18.3 Å². The Morgan fingerprint density at radius 3 is 2.72 bits per heavy atom. The van der Waals surface area contributed by atoms with Gasteiger partial charge in [0.2, 0.25) is 23.2 Å². The molecule has 0 spiro atoms. The third-order valence-corrected chi connectivity index (χ3v) is 5.09. The summed E-state index contributed by atoms with van der Waals surface area (Å²) in [6, 6.07) is 7.72. The van der Waals surface area contributed by atoms with Crippen LogP contribution >= 0.6 is 23.4 Å². The van der Waals surface area contributed by atoms with Crippen LogP contribution < -0.4 is 9.64 Å². The van der Waals surface area contributed by atoms with Gasteiger partial charge >= 0.3 is 0 Å². The van der Waals surface area contributed by atoms with Crippen molar-refractivity contribution in [1.29, 1.82) is 0 Å². The number of carbonyl (C=O) groups excluding carboxylic acids is 1. The normalized spacial score (nSPS) is 15.2. The number of aromatic nitrogens is 3. The predicted molar refractivity (Wildman–Crippen MR) is 105 cm³/mol. The van der Waals surface area contributed by atoms with Crippen LogP contribution in [0.5, 0.6) is 5.88 Å². The van der Waals surface area contributed by atoms with Gasteiger partial charge in [-0.25, -0.2) is 8.78 Å². The molecule has 2 heterocycles. The molecule has 0 aliphatic carbocycles. The van der Waals surface area contributed by atoms with Gasteiger partial charge < -0.3 is 4.74 Å². The number of benzene rings is 2. The number of nitrogens with zero attached hydrogens (tertiary/aromatic N) is 4. The van der Waals surface area contributed by atoms with E-state index in [2.05, 4.69) is 15.2 Å². The van der Waals surface area contributed by atoms with Crippen molar-refractivity contribution in [3.8, 4) is 17.1 Å². The second-order valence-corrected chi connectivity index (χ2v) is 7.35. The van der Waals surface area contributed by atoms with Crippen molar-refractivity contribution in [2.75, 3.05) is 11.2 Å². The number of carbonyl (C=O) groups is 1. The van der Waals surface area contributed by atoms with Gasteiger partial charge in [0.15, 0.2) is 5.69 Å². The van der Waals surface area contributed by atoms with Crippen LogP contribution in [0.4, 0.5) is 14.5 Å². The maximum absolute atomic E-state index is 14.6. The van der Waals surface area contributed by atoms with E-state index in [0.717, 1.165) is 18.2 Å². The molecule has 0 fully saturated rings. The number of rotatable bonds is 2. The minimum atomic E-state index is -1.31. The molecule has 1 aliphatic rings. The lowest BCUT2D eigenvalue weighted by atomic mass is 10.1. The topological polar surface area (TPSA) is 68.2 Å². The second-order valence-electron chi connectivity index (χ2n) is 6.14. The smallest absolute Gasteiger partial charge is 0.247 e. The first-order chi connectivity index (χ1) is 13.9. The Morgan fingerprint density at radius 2 is 2.00 bits per heavy atom. The molecule has 6 nitrogen and oxygen atoms in total. The molecule has 10 heteroatoms. The van der Waals surface area contributed by atoms with Gasteiger partial charge in [-0.15, -0.1) is 10.2 Å². The summed E-state index contributed by atoms with van der Waals surface area (Å²) in [5.74, 6) is -1.81. The van der Waals surface area contributed by atoms with Gasteiger partial charge in [-0.2, -0.15) is 4.98 Å². The fraction of sp³-hybridized carbons (Fsp3) is 0.158. The lowest BCUT2D eigenvalue weighted by molar-refractivity contribution is -0.118. The first-order valence-electron chi connectivity index (χ1n) is 8.39. The minimum Gasteiger partial charge on any atom is -0.447 e. The molecule has 0 bridgehead atoms. The summed E-state index contributed by atoms with van der Waals surface area (Å²) in [5.41, 5.74) is 0.890. The van der Waals surface area contributed by atoms with E-state index in [1.165, 1.54) is 23.6 Å². The van der Waals surface area contributed by atoms with Crippen LogP contribution in [0.15, 0.2) is 41.6 Å². The van der Waals surface area contributed by atoms with Crippen molar-refractivity contribution < 1.29 is 18.3 Å². The molecule has 29 heavy (non-hydrogen) atoms. The SMILES string of the molecule is CSc1nnc2c(n1)OC(c1cc(F)ccc1F)N(C(C)=O)c1ccc(Cl)cc1-2. The maximum atomic E-state index is 14.6. The monoisotopic (exact) mass is 434 g/mol. The number of ether oxygens (including phenoxy) is 1. The van der Waals surface area contributed by atoms with Crippen LogP contribution in [0.1, 0.15) is 18.7 Å². The van der Waals surface area contributed by atoms with Gasteiger partial charge in [-0.3, -0.25) is 9.69 Å². The highest BCUT2D eigenvalue weighted by atomic mass is 35.5. The summed E-state index contributed by atoms with van der Waals surface area (Å²) < 4.78 is 34.5. The van der Waals surface area contributed by atoms with Gasteiger partial charge in [-0.05, 0) is 42.7 Å². The number of amides is 1. The quantitative estimate of drug-likeness (QED) is 0.547. The van der Waals surface area contributed by atoms with Gasteiger partial charge in [0.05, 0.1) is 11.3 Å². The van der Waals surface area contributed by atoms with Crippen molar-refractivity contribution >= 4 is 35.0 Å². The molecule has 148 valence electrons. The lowest BCUT2D eigenvalue weighted by Crippen LogP contribution is -2.36. The summed E-state index contributed by atoms with van der Waals surface area (Å²) in [6.45, 7) is 1.30. The zero-order valence-electron chi connectivity index (χ0n) is 15.2. The van der Waals surface area contributed by atoms with Crippen molar-refractivity contribution in [1.82, 2.24) is 15.2 Å². The van der Waals surface area contributed by atoms with Crippen molar-refractivity contribution in [2.24, 2.45) is 0 Å². The van der Waals surface area contributed by atoms with E-state index in [1.807, 2.05) is 0 Å². The molecule has 0 N–H and O–H groups in total. The molecule has 0 radical (unpaired) electrons. The van der Waals surface area contributed by atoms with E-state index in [4.69, 9.17) is 16.3 Å². The number of hydrogen-bond donors (Lipinski definition) is 0. The van der Waals surface area contributed by atoms with Crippen molar-refractivity contribution in [3.63, 3.8) is 0 Å². The summed E-state index contributed by atoms with van der Waals surface area (Å²) >= 11 is 7.39. The van der Waals surface area contributed by atoms with Gasteiger partial charge in [0, 0.05) is 17.5 Å². The standard InChI is InChI=1S/C19H13ClF2N4O2S/c1-9(27)26-15-6-3-10(20)7-13(15)16-17(23-19(29-2)25-24-16)28-18(26)12-8-11(21)4-5-14(12)22/h3-8,18H,1-2H3. The van der Waals surface area contributed by atoms with Crippen molar-refractivity contribution in [3.05, 3.63) is 58.6 Å². The van der Waals surface area contributed by atoms with Crippen LogP contribution in [0.25, 0.3) is 11.3 Å². The minimum absolute atomic E-state index is 0.0327. The van der Waals surface area contributed by atoms with E-state index in [0.29, 0.717) is 21.4 Å². The fourth-order valence-corrected chi connectivity index (χ4v) is 3.54. The number of halogens is 3. The maximum Gasteiger partial charge on any atom is 0.247 e. The van der Waals surface area contributed by atoms with Crippen LogP contribution in [-0.2, 0) is 4.79 Å². The van der Waals surface area contributed by atoms with E-state index < -0.39 is 23.8 Å². The average molecular weight is 435 g/mol. The molecule has 1 aromatic heterocycles. The van der Waals surface area contributed by atoms with E-state index >= 15 is 0 Å². The Hall–Kier alpha value is -2.78. The van der Waals surface area contributed by atoms with E-state index in [1.54, 1.807) is 24.5 Å². The van der Waals surface area contributed by atoms with Gasteiger partial charge in [-0.1, -0.05) is 23.4 Å². The van der Waals surface area contributed by atoms with E-state index in [9.17, 15) is 13.6 Å². The average Bonchev–Trinajstić information content (AvgIpc) is 2.83. The molecule has 3 aromatic rings. The number of hydrogen-bond acceptors (Lipinski definition) is 6. The Kier molecular flexibility index (Phi) is 5.10. The number of fused-ring (bicyclic) bond motifs is 3. The first-order valence-corrected chi connectivity index (χ1v) is 9.99. The zero-order valence-corrected chi connectivity index (χ0v) is 16.8. The Labute approximate surface area is 173 Å². The van der Waals surface area contributed by atoms with Gasteiger partial charge in [0.1, 0.15) is 11.6 Å². The molecule has 1 unspecified atom stereocenters. The van der Waals surface area contributed by atoms with Crippen LogP contribution in [0, 0.1) is 11.6 Å². The third kappa shape index (κ3) is 3.51. The van der Waals surface area contributed by atoms with Crippen LogP contribution in [0.2, 0.25) is 5.02 Å². The zero-order chi connectivity index (χ0) is 20.7. The Balaban J connectivity index is 2.03. The lowest BCUT2D eigenvalue weighted by Gasteiger charge is -2.30. The molecule has 0 saturated heterocycles. The Morgan fingerprint density at radius 1 is 1.21 bits per heavy atom. The highest BCUT2D eigenvalue weighted by Gasteiger charge is 2.36. The molecular weight excluding hydrogens is 422 g/mol. The summed E-state index contributed by atoms with van der Waals surface area (Å²) in [5, 5.41) is 8.91. The summed E-state index contributed by atoms with van der Waals surface area (Å²) in [6.07, 6.45) is 0.451. The molecular formula is C19H13ClF2N4O2S. The fourth-order valence-electron chi connectivity index (χ4n) is 3.07.